The topological polar surface area (TPSA) is 129 Å². The van der Waals surface area contributed by atoms with Gasteiger partial charge in [-0.05, 0) is 25.0 Å². The number of aryl methyl sites for hydroxylation is 1. The van der Waals surface area contributed by atoms with Crippen molar-refractivity contribution >= 4 is 27.6 Å². The summed E-state index contributed by atoms with van der Waals surface area (Å²) >= 11 is 0. The van der Waals surface area contributed by atoms with Crippen molar-refractivity contribution in [1.82, 2.24) is 0 Å². The van der Waals surface area contributed by atoms with Gasteiger partial charge in [-0.3, -0.25) is 10.1 Å². The Morgan fingerprint density at radius 3 is 2.19 bits per heavy atom. The van der Waals surface area contributed by atoms with Crippen molar-refractivity contribution in [1.29, 1.82) is 0 Å². The zero-order chi connectivity index (χ0) is 25.9. The van der Waals surface area contributed by atoms with Gasteiger partial charge in [0.1, 0.15) is 11.3 Å². The number of benzene rings is 3. The zero-order valence-corrected chi connectivity index (χ0v) is 20.2. The standard InChI is InChI=1S/C26H22N2O7S/c1-3-34-26(29)23-22(18-10-6-4-7-11-18)24(19-12-8-5-9-13-19)35-25(23)27-36(32,33)21-16-20(28(30)31)15-14-17(21)2/h4-16,27H,3H2,1-2H3. The van der Waals surface area contributed by atoms with Gasteiger partial charge in [-0.25, -0.2) is 17.9 Å². The van der Waals surface area contributed by atoms with E-state index in [4.69, 9.17) is 9.15 Å². The van der Waals surface area contributed by atoms with E-state index in [0.717, 1.165) is 6.07 Å². The van der Waals surface area contributed by atoms with Crippen LogP contribution in [0.15, 0.2) is 88.2 Å². The molecule has 10 heteroatoms. The first-order chi connectivity index (χ1) is 17.2. The molecule has 184 valence electrons. The van der Waals surface area contributed by atoms with Gasteiger partial charge in [-0.2, -0.15) is 0 Å². The van der Waals surface area contributed by atoms with Crippen LogP contribution in [0, 0.1) is 17.0 Å². The van der Waals surface area contributed by atoms with E-state index >= 15 is 0 Å². The summed E-state index contributed by atoms with van der Waals surface area (Å²) in [5.74, 6) is -0.869. The molecule has 0 aliphatic heterocycles. The highest BCUT2D eigenvalue weighted by Gasteiger charge is 2.32. The Labute approximate surface area is 207 Å². The first kappa shape index (κ1) is 24.7. The highest BCUT2D eigenvalue weighted by atomic mass is 32.2. The molecule has 9 nitrogen and oxygen atoms in total. The van der Waals surface area contributed by atoms with Gasteiger partial charge in [0.25, 0.3) is 15.7 Å². The minimum Gasteiger partial charge on any atom is -0.462 e. The van der Waals surface area contributed by atoms with Crippen molar-refractivity contribution in [3.63, 3.8) is 0 Å². The van der Waals surface area contributed by atoms with Gasteiger partial charge in [0, 0.05) is 23.3 Å². The second-order valence-corrected chi connectivity index (χ2v) is 9.43. The molecular weight excluding hydrogens is 484 g/mol. The number of furan rings is 1. The molecule has 0 spiro atoms. The van der Waals surface area contributed by atoms with Crippen LogP contribution in [0.1, 0.15) is 22.8 Å². The summed E-state index contributed by atoms with van der Waals surface area (Å²) in [4.78, 5) is 23.4. The largest absolute Gasteiger partial charge is 0.462 e. The van der Waals surface area contributed by atoms with Crippen LogP contribution in [0.2, 0.25) is 0 Å². The van der Waals surface area contributed by atoms with Gasteiger partial charge in [0.15, 0.2) is 0 Å². The summed E-state index contributed by atoms with van der Waals surface area (Å²) < 4.78 is 40.3. The molecule has 0 radical (unpaired) electrons. The number of rotatable bonds is 8. The molecule has 36 heavy (non-hydrogen) atoms. The fourth-order valence-electron chi connectivity index (χ4n) is 3.74. The van der Waals surface area contributed by atoms with Crippen LogP contribution >= 0.6 is 0 Å². The molecule has 0 unspecified atom stereocenters. The lowest BCUT2D eigenvalue weighted by molar-refractivity contribution is -0.385. The van der Waals surface area contributed by atoms with Crippen LogP contribution in [0.3, 0.4) is 0 Å². The number of sulfonamides is 1. The third kappa shape index (κ3) is 4.84. The average molecular weight is 507 g/mol. The number of hydrogen-bond donors (Lipinski definition) is 1. The van der Waals surface area contributed by atoms with E-state index in [1.165, 1.54) is 19.1 Å². The Morgan fingerprint density at radius 2 is 1.61 bits per heavy atom. The average Bonchev–Trinajstić information content (AvgIpc) is 3.23. The lowest BCUT2D eigenvalue weighted by atomic mass is 9.98. The number of nitrogens with one attached hydrogen (secondary N) is 1. The number of esters is 1. The Kier molecular flexibility index (Phi) is 6.89. The predicted molar refractivity (Wildman–Crippen MR) is 134 cm³/mol. The Morgan fingerprint density at radius 1 is 1.00 bits per heavy atom. The van der Waals surface area contributed by atoms with E-state index in [9.17, 15) is 23.3 Å². The van der Waals surface area contributed by atoms with Crippen molar-refractivity contribution in [2.75, 3.05) is 11.3 Å². The minimum atomic E-state index is -4.39. The van der Waals surface area contributed by atoms with Crippen molar-refractivity contribution in [3.05, 3.63) is 100 Å². The van der Waals surface area contributed by atoms with Gasteiger partial charge >= 0.3 is 5.97 Å². The van der Waals surface area contributed by atoms with Gasteiger partial charge in [0.2, 0.25) is 5.88 Å². The van der Waals surface area contributed by atoms with E-state index in [1.807, 2.05) is 12.1 Å². The van der Waals surface area contributed by atoms with Crippen molar-refractivity contribution in [2.24, 2.45) is 0 Å². The number of nitro benzene ring substituents is 1. The molecule has 4 rings (SSSR count). The number of nitro groups is 1. The quantitative estimate of drug-likeness (QED) is 0.181. The molecular formula is C26H22N2O7S. The normalized spacial score (nSPS) is 11.2. The fraction of sp³-hybridized carbons (Fsp3) is 0.115. The summed E-state index contributed by atoms with van der Waals surface area (Å²) in [7, 11) is -4.39. The molecule has 0 saturated heterocycles. The Bertz CT molecular complexity index is 1530. The molecule has 0 aliphatic carbocycles. The number of carbonyl (C=O) groups is 1. The maximum Gasteiger partial charge on any atom is 0.344 e. The highest BCUT2D eigenvalue weighted by molar-refractivity contribution is 7.92. The first-order valence-corrected chi connectivity index (χ1v) is 12.4. The number of anilines is 1. The molecule has 4 aromatic rings. The molecule has 3 aromatic carbocycles. The maximum atomic E-state index is 13.4. The molecule has 0 bridgehead atoms. The monoisotopic (exact) mass is 506 g/mol. The molecule has 1 aromatic heterocycles. The SMILES string of the molecule is CCOC(=O)c1c(NS(=O)(=O)c2cc([N+](=O)[O-])ccc2C)oc(-c2ccccc2)c1-c1ccccc1. The minimum absolute atomic E-state index is 0.0507. The number of nitrogens with zero attached hydrogens (tertiary/aromatic N) is 1. The van der Waals surface area contributed by atoms with Gasteiger partial charge in [-0.1, -0.05) is 66.7 Å². The third-order valence-corrected chi connectivity index (χ3v) is 6.86. The van der Waals surface area contributed by atoms with Crippen LogP contribution in [0.5, 0.6) is 0 Å². The summed E-state index contributed by atoms with van der Waals surface area (Å²) in [6.45, 7) is 3.20. The van der Waals surface area contributed by atoms with Crippen LogP contribution in [0.4, 0.5) is 11.6 Å². The molecule has 1 heterocycles. The number of hydrogen-bond acceptors (Lipinski definition) is 7. The second-order valence-electron chi connectivity index (χ2n) is 7.78. The molecule has 0 aliphatic rings. The fourth-order valence-corrected chi connectivity index (χ4v) is 5.01. The molecule has 0 atom stereocenters. The summed E-state index contributed by atoms with van der Waals surface area (Å²) in [6, 6.07) is 21.3. The number of non-ortho nitro benzene ring substituents is 1. The van der Waals surface area contributed by atoms with Gasteiger partial charge in [-0.15, -0.1) is 0 Å². The Hall–Kier alpha value is -4.44. The number of carbonyl (C=O) groups excluding carboxylic acids is 1. The van der Waals surface area contributed by atoms with Crippen LogP contribution in [0.25, 0.3) is 22.5 Å². The van der Waals surface area contributed by atoms with E-state index in [-0.39, 0.29) is 40.0 Å². The van der Waals surface area contributed by atoms with E-state index in [0.29, 0.717) is 16.7 Å². The van der Waals surface area contributed by atoms with E-state index in [2.05, 4.69) is 4.72 Å². The van der Waals surface area contributed by atoms with Crippen LogP contribution < -0.4 is 4.72 Å². The molecule has 0 fully saturated rings. The van der Waals surface area contributed by atoms with Crippen molar-refractivity contribution in [2.45, 2.75) is 18.7 Å². The zero-order valence-electron chi connectivity index (χ0n) is 19.4. The maximum absolute atomic E-state index is 13.4. The molecule has 0 amide bonds. The highest BCUT2D eigenvalue weighted by Crippen LogP contribution is 2.43. The summed E-state index contributed by atoms with van der Waals surface area (Å²) in [5.41, 5.74) is 1.37. The van der Waals surface area contributed by atoms with Crippen molar-refractivity contribution in [3.8, 4) is 22.5 Å². The van der Waals surface area contributed by atoms with E-state index < -0.39 is 20.9 Å². The third-order valence-electron chi connectivity index (χ3n) is 5.39. The lowest BCUT2D eigenvalue weighted by Crippen LogP contribution is -2.17. The second kappa shape index (κ2) is 10.0. The summed E-state index contributed by atoms with van der Waals surface area (Å²) in [5, 5.41) is 11.2. The van der Waals surface area contributed by atoms with Gasteiger partial charge in [0.05, 0.1) is 16.4 Å². The van der Waals surface area contributed by atoms with Gasteiger partial charge < -0.3 is 9.15 Å². The van der Waals surface area contributed by atoms with Crippen molar-refractivity contribution < 1.29 is 27.3 Å². The predicted octanol–water partition coefficient (Wildman–Crippen LogP) is 5.81. The lowest BCUT2D eigenvalue weighted by Gasteiger charge is -2.10. The van der Waals surface area contributed by atoms with Crippen LogP contribution in [-0.4, -0.2) is 25.9 Å². The Balaban J connectivity index is 1.95. The number of ether oxygens (including phenoxy) is 1. The smallest absolute Gasteiger partial charge is 0.344 e. The molecule has 1 N–H and O–H groups in total. The van der Waals surface area contributed by atoms with Crippen LogP contribution in [-0.2, 0) is 14.8 Å². The molecule has 0 saturated carbocycles. The van der Waals surface area contributed by atoms with E-state index in [1.54, 1.807) is 55.5 Å². The first-order valence-electron chi connectivity index (χ1n) is 11.0. The summed E-state index contributed by atoms with van der Waals surface area (Å²) in [6.07, 6.45) is 0.